The Morgan fingerprint density at radius 3 is 2.52 bits per heavy atom. The van der Waals surface area contributed by atoms with Gasteiger partial charge < -0.3 is 5.32 Å². The summed E-state index contributed by atoms with van der Waals surface area (Å²) in [6.07, 6.45) is 0. The van der Waals surface area contributed by atoms with Crippen molar-refractivity contribution < 1.29 is 4.79 Å². The van der Waals surface area contributed by atoms with Gasteiger partial charge in [0.1, 0.15) is 5.01 Å². The molecule has 23 heavy (non-hydrogen) atoms. The lowest BCUT2D eigenvalue weighted by atomic mass is 9.93. The van der Waals surface area contributed by atoms with E-state index in [4.69, 9.17) is 11.6 Å². The lowest BCUT2D eigenvalue weighted by Crippen LogP contribution is -2.29. The molecular weight excluding hydrogens is 330 g/mol. The molecule has 0 radical (unpaired) electrons. The zero-order valence-electron chi connectivity index (χ0n) is 13.9. The zero-order chi connectivity index (χ0) is 17.0. The van der Waals surface area contributed by atoms with Crippen LogP contribution in [0.3, 0.4) is 0 Å². The third-order valence-electron chi connectivity index (χ3n) is 3.27. The Balaban J connectivity index is 1.86. The molecule has 0 bridgehead atoms. The zero-order valence-corrected chi connectivity index (χ0v) is 15.5. The van der Waals surface area contributed by atoms with Gasteiger partial charge in [-0.2, -0.15) is 0 Å². The van der Waals surface area contributed by atoms with Crippen LogP contribution >= 0.6 is 22.9 Å². The average Bonchev–Trinajstić information content (AvgIpc) is 2.89. The van der Waals surface area contributed by atoms with E-state index >= 15 is 0 Å². The largest absolute Gasteiger partial charge is 0.325 e. The van der Waals surface area contributed by atoms with Crippen molar-refractivity contribution in [2.45, 2.75) is 32.7 Å². The summed E-state index contributed by atoms with van der Waals surface area (Å²) < 4.78 is 0. The number of hydrogen-bond donors (Lipinski definition) is 1. The highest BCUT2D eigenvalue weighted by Crippen LogP contribution is 2.24. The Labute approximate surface area is 146 Å². The van der Waals surface area contributed by atoms with Gasteiger partial charge in [0.2, 0.25) is 5.91 Å². The van der Waals surface area contributed by atoms with Crippen molar-refractivity contribution in [3.8, 4) is 0 Å². The van der Waals surface area contributed by atoms with Crippen LogP contribution in [0.5, 0.6) is 0 Å². The number of carbonyl (C=O) groups excluding carboxylic acids is 1. The maximum absolute atomic E-state index is 12.1. The van der Waals surface area contributed by atoms with Crippen LogP contribution in [0.4, 0.5) is 5.69 Å². The van der Waals surface area contributed by atoms with Gasteiger partial charge in [0, 0.05) is 21.5 Å². The molecule has 0 aliphatic rings. The summed E-state index contributed by atoms with van der Waals surface area (Å²) in [6.45, 7) is 7.42. The second-order valence-electron chi connectivity index (χ2n) is 6.60. The summed E-state index contributed by atoms with van der Waals surface area (Å²) in [7, 11) is 1.92. The lowest BCUT2D eigenvalue weighted by molar-refractivity contribution is -0.117. The van der Waals surface area contributed by atoms with Crippen molar-refractivity contribution in [1.82, 2.24) is 9.88 Å². The number of anilines is 1. The highest BCUT2D eigenvalue weighted by molar-refractivity contribution is 7.09. The van der Waals surface area contributed by atoms with Gasteiger partial charge >= 0.3 is 0 Å². The molecule has 1 aromatic carbocycles. The van der Waals surface area contributed by atoms with E-state index in [2.05, 4.69) is 36.5 Å². The Morgan fingerprint density at radius 1 is 1.30 bits per heavy atom. The highest BCUT2D eigenvalue weighted by Gasteiger charge is 2.18. The smallest absolute Gasteiger partial charge is 0.238 e. The topological polar surface area (TPSA) is 45.2 Å². The number of nitrogens with zero attached hydrogens (tertiary/aromatic N) is 2. The van der Waals surface area contributed by atoms with Gasteiger partial charge in [0.25, 0.3) is 0 Å². The standard InChI is InChI=1S/C17H22ClN3OS/c1-17(2,3)14-11-23-16(20-14)10-21(4)9-15(22)19-13-7-5-12(18)6-8-13/h5-8,11H,9-10H2,1-4H3,(H,19,22). The van der Waals surface area contributed by atoms with Crippen molar-refractivity contribution >= 4 is 34.5 Å². The summed E-state index contributed by atoms with van der Waals surface area (Å²) in [5.41, 5.74) is 1.90. The molecular formula is C17H22ClN3OS. The second-order valence-corrected chi connectivity index (χ2v) is 7.98. The third-order valence-corrected chi connectivity index (χ3v) is 4.35. The molecule has 4 nitrogen and oxygen atoms in total. The predicted molar refractivity (Wildman–Crippen MR) is 97.2 cm³/mol. The molecule has 1 N–H and O–H groups in total. The fraction of sp³-hybridized carbons (Fsp3) is 0.412. The van der Waals surface area contributed by atoms with E-state index in [1.165, 1.54) is 0 Å². The van der Waals surface area contributed by atoms with Crippen LogP contribution in [-0.4, -0.2) is 29.4 Å². The minimum atomic E-state index is -0.0533. The Morgan fingerprint density at radius 2 is 1.96 bits per heavy atom. The van der Waals surface area contributed by atoms with E-state index in [1.54, 1.807) is 35.6 Å². The number of nitrogens with one attached hydrogen (secondary N) is 1. The molecule has 1 aromatic heterocycles. The first-order valence-corrected chi connectivity index (χ1v) is 8.68. The molecule has 2 aromatic rings. The van der Waals surface area contributed by atoms with E-state index in [-0.39, 0.29) is 11.3 Å². The molecule has 0 atom stereocenters. The predicted octanol–water partition coefficient (Wildman–Crippen LogP) is 4.16. The minimum Gasteiger partial charge on any atom is -0.325 e. The SMILES string of the molecule is CN(CC(=O)Nc1ccc(Cl)cc1)Cc1nc(C(C)(C)C)cs1. The maximum atomic E-state index is 12.1. The molecule has 0 aliphatic carbocycles. The summed E-state index contributed by atoms with van der Waals surface area (Å²) in [6, 6.07) is 7.09. The fourth-order valence-electron chi connectivity index (χ4n) is 1.99. The first-order valence-electron chi connectivity index (χ1n) is 7.43. The number of benzene rings is 1. The number of halogens is 1. The van der Waals surface area contributed by atoms with Crippen molar-refractivity contribution in [2.24, 2.45) is 0 Å². The first-order chi connectivity index (χ1) is 10.7. The minimum absolute atomic E-state index is 0.0533. The first kappa shape index (κ1) is 17.9. The maximum Gasteiger partial charge on any atom is 0.238 e. The molecule has 6 heteroatoms. The molecule has 1 amide bonds. The third kappa shape index (κ3) is 5.61. The number of rotatable bonds is 5. The van der Waals surface area contributed by atoms with Crippen LogP contribution in [-0.2, 0) is 16.8 Å². The summed E-state index contributed by atoms with van der Waals surface area (Å²) in [5.74, 6) is -0.0533. The van der Waals surface area contributed by atoms with Gasteiger partial charge in [-0.3, -0.25) is 9.69 Å². The van der Waals surface area contributed by atoms with Crippen molar-refractivity contribution in [1.29, 1.82) is 0 Å². The van der Waals surface area contributed by atoms with E-state index < -0.39 is 0 Å². The second kappa shape index (κ2) is 7.43. The van der Waals surface area contributed by atoms with Gasteiger partial charge in [-0.1, -0.05) is 32.4 Å². The van der Waals surface area contributed by atoms with E-state index in [9.17, 15) is 4.79 Å². The number of hydrogen-bond acceptors (Lipinski definition) is 4. The van der Waals surface area contributed by atoms with Crippen molar-refractivity contribution in [2.75, 3.05) is 18.9 Å². The van der Waals surface area contributed by atoms with Crippen LogP contribution in [0.15, 0.2) is 29.6 Å². The van der Waals surface area contributed by atoms with Crippen LogP contribution < -0.4 is 5.32 Å². The average molecular weight is 352 g/mol. The van der Waals surface area contributed by atoms with Gasteiger partial charge in [-0.15, -0.1) is 11.3 Å². The molecule has 0 saturated heterocycles. The van der Waals surface area contributed by atoms with Crippen LogP contribution in [0.25, 0.3) is 0 Å². The normalized spacial score (nSPS) is 11.7. The van der Waals surface area contributed by atoms with E-state index in [1.807, 2.05) is 11.9 Å². The van der Waals surface area contributed by atoms with E-state index in [0.717, 1.165) is 16.4 Å². The molecule has 124 valence electrons. The monoisotopic (exact) mass is 351 g/mol. The molecule has 0 saturated carbocycles. The molecule has 0 fully saturated rings. The van der Waals surface area contributed by atoms with Crippen molar-refractivity contribution in [3.63, 3.8) is 0 Å². The van der Waals surface area contributed by atoms with Crippen molar-refractivity contribution in [3.05, 3.63) is 45.4 Å². The quantitative estimate of drug-likeness (QED) is 0.879. The molecule has 2 rings (SSSR count). The van der Waals surface area contributed by atoms with Crippen LogP contribution in [0, 0.1) is 0 Å². The Hall–Kier alpha value is -1.43. The van der Waals surface area contributed by atoms with Gasteiger partial charge in [0.05, 0.1) is 18.8 Å². The van der Waals surface area contributed by atoms with E-state index in [0.29, 0.717) is 18.1 Å². The fourth-order valence-corrected chi connectivity index (χ4v) is 3.22. The van der Waals surface area contributed by atoms with Crippen LogP contribution in [0.1, 0.15) is 31.5 Å². The summed E-state index contributed by atoms with van der Waals surface area (Å²) >= 11 is 7.47. The number of carbonyl (C=O) groups is 1. The van der Waals surface area contributed by atoms with Gasteiger partial charge in [0.15, 0.2) is 0 Å². The number of aromatic nitrogens is 1. The number of thiazole rings is 1. The molecule has 0 spiro atoms. The molecule has 1 heterocycles. The molecule has 0 unspecified atom stereocenters. The Bertz CT molecular complexity index is 661. The van der Waals surface area contributed by atoms with Gasteiger partial charge in [-0.05, 0) is 31.3 Å². The highest BCUT2D eigenvalue weighted by atomic mass is 35.5. The number of amides is 1. The summed E-state index contributed by atoms with van der Waals surface area (Å²) in [4.78, 5) is 18.7. The molecule has 0 aliphatic heterocycles. The number of likely N-dealkylation sites (N-methyl/N-ethyl adjacent to an activating group) is 1. The Kier molecular flexibility index (Phi) is 5.79. The lowest BCUT2D eigenvalue weighted by Gasteiger charge is -2.16. The van der Waals surface area contributed by atoms with Crippen LogP contribution in [0.2, 0.25) is 5.02 Å². The summed E-state index contributed by atoms with van der Waals surface area (Å²) in [5, 5.41) is 6.63. The van der Waals surface area contributed by atoms with Gasteiger partial charge in [-0.25, -0.2) is 4.98 Å².